The van der Waals surface area contributed by atoms with E-state index in [-0.39, 0.29) is 5.91 Å². The van der Waals surface area contributed by atoms with Crippen molar-refractivity contribution in [2.24, 2.45) is 4.99 Å². The van der Waals surface area contributed by atoms with Crippen LogP contribution in [0.1, 0.15) is 0 Å². The van der Waals surface area contributed by atoms with Gasteiger partial charge in [0.1, 0.15) is 0 Å². The molecule has 0 bridgehead atoms. The van der Waals surface area contributed by atoms with E-state index in [0.29, 0.717) is 13.1 Å². The Labute approximate surface area is 87.6 Å². The Hall–Kier alpha value is -0.870. The predicted molar refractivity (Wildman–Crippen MR) is 55.7 cm³/mol. The Kier molecular flexibility index (Phi) is 2.56. The Balaban J connectivity index is 2.07. The maximum absolute atomic E-state index is 11.9. The highest BCUT2D eigenvalue weighted by Gasteiger charge is 2.37. The van der Waals surface area contributed by atoms with Gasteiger partial charge in [-0.05, 0) is 12.2 Å². The van der Waals surface area contributed by atoms with E-state index < -0.39 is 5.00 Å². The van der Waals surface area contributed by atoms with Crippen molar-refractivity contribution in [1.82, 2.24) is 10.2 Å². The molecule has 1 unspecified atom stereocenters. The van der Waals surface area contributed by atoms with Crippen LogP contribution in [-0.4, -0.2) is 48.2 Å². The van der Waals surface area contributed by atoms with Crippen LogP contribution in [0, 0.1) is 0 Å². The van der Waals surface area contributed by atoms with E-state index in [2.05, 4.69) is 10.3 Å². The fraction of sp³-hybridized carbons (Fsp3) is 0.556. The SMILES string of the molecule is O=C(N1CCNCC1)C1(Cl)C=CC=N1. The monoisotopic (exact) mass is 213 g/mol. The van der Waals surface area contributed by atoms with Crippen LogP contribution in [0.15, 0.2) is 17.1 Å². The molecule has 1 saturated heterocycles. The van der Waals surface area contributed by atoms with Crippen molar-refractivity contribution in [3.05, 3.63) is 12.2 Å². The van der Waals surface area contributed by atoms with Crippen molar-refractivity contribution < 1.29 is 4.79 Å². The average molecular weight is 214 g/mol. The van der Waals surface area contributed by atoms with E-state index in [0.717, 1.165) is 13.1 Å². The van der Waals surface area contributed by atoms with Crippen molar-refractivity contribution in [2.45, 2.75) is 5.00 Å². The van der Waals surface area contributed by atoms with Crippen molar-refractivity contribution in [3.8, 4) is 0 Å². The highest BCUT2D eigenvalue weighted by atomic mass is 35.5. The molecule has 0 saturated carbocycles. The van der Waals surface area contributed by atoms with Gasteiger partial charge in [-0.1, -0.05) is 11.6 Å². The van der Waals surface area contributed by atoms with Crippen LogP contribution in [0.4, 0.5) is 0 Å². The summed E-state index contributed by atoms with van der Waals surface area (Å²) in [6, 6.07) is 0. The number of halogens is 1. The second kappa shape index (κ2) is 3.71. The fourth-order valence-electron chi connectivity index (χ4n) is 1.58. The average Bonchev–Trinajstić information content (AvgIpc) is 2.67. The third-order valence-corrected chi connectivity index (χ3v) is 2.75. The molecule has 1 atom stereocenters. The number of hydrogen-bond acceptors (Lipinski definition) is 3. The zero-order valence-electron chi connectivity index (χ0n) is 7.74. The summed E-state index contributed by atoms with van der Waals surface area (Å²) in [7, 11) is 0. The summed E-state index contributed by atoms with van der Waals surface area (Å²) < 4.78 is 0. The molecule has 1 fully saturated rings. The van der Waals surface area contributed by atoms with Crippen LogP contribution in [0.2, 0.25) is 0 Å². The topological polar surface area (TPSA) is 44.7 Å². The fourth-order valence-corrected chi connectivity index (χ4v) is 1.83. The lowest BCUT2D eigenvalue weighted by Gasteiger charge is -2.31. The highest BCUT2D eigenvalue weighted by Crippen LogP contribution is 2.25. The molecule has 0 aromatic rings. The summed E-state index contributed by atoms with van der Waals surface area (Å²) in [5, 5.41) is 3.18. The number of nitrogens with zero attached hydrogens (tertiary/aromatic N) is 2. The van der Waals surface area contributed by atoms with Gasteiger partial charge >= 0.3 is 0 Å². The number of nitrogens with one attached hydrogen (secondary N) is 1. The molecule has 14 heavy (non-hydrogen) atoms. The third-order valence-electron chi connectivity index (χ3n) is 2.37. The van der Waals surface area contributed by atoms with E-state index >= 15 is 0 Å². The van der Waals surface area contributed by atoms with E-state index in [1.54, 1.807) is 23.3 Å². The first-order chi connectivity index (χ1) is 6.72. The van der Waals surface area contributed by atoms with E-state index in [9.17, 15) is 4.79 Å². The number of carbonyl (C=O) groups excluding carboxylic acids is 1. The van der Waals surface area contributed by atoms with Gasteiger partial charge in [-0.25, -0.2) is 0 Å². The third kappa shape index (κ3) is 1.67. The maximum atomic E-state index is 11.9. The van der Waals surface area contributed by atoms with Gasteiger partial charge < -0.3 is 10.2 Å². The molecular formula is C9H12ClN3O. The van der Waals surface area contributed by atoms with Gasteiger partial charge in [0, 0.05) is 32.4 Å². The summed E-state index contributed by atoms with van der Waals surface area (Å²) in [6.07, 6.45) is 4.89. The Morgan fingerprint density at radius 3 is 2.79 bits per heavy atom. The number of carbonyl (C=O) groups is 1. The quantitative estimate of drug-likeness (QED) is 0.492. The second-order valence-corrected chi connectivity index (χ2v) is 3.93. The van der Waals surface area contributed by atoms with E-state index in [1.165, 1.54) is 0 Å². The first-order valence-electron chi connectivity index (χ1n) is 4.64. The molecule has 2 heterocycles. The van der Waals surface area contributed by atoms with Crippen LogP contribution in [0.5, 0.6) is 0 Å². The van der Waals surface area contributed by atoms with Gasteiger partial charge in [0.05, 0.1) is 0 Å². The van der Waals surface area contributed by atoms with Crippen LogP contribution in [0.3, 0.4) is 0 Å². The molecule has 0 spiro atoms. The van der Waals surface area contributed by atoms with Crippen molar-refractivity contribution in [3.63, 3.8) is 0 Å². The molecule has 0 aromatic heterocycles. The van der Waals surface area contributed by atoms with Crippen LogP contribution < -0.4 is 5.32 Å². The lowest BCUT2D eigenvalue weighted by atomic mass is 10.2. The van der Waals surface area contributed by atoms with E-state index in [4.69, 9.17) is 11.6 Å². The molecule has 1 N–H and O–H groups in total. The highest BCUT2D eigenvalue weighted by molar-refractivity contribution is 6.37. The minimum absolute atomic E-state index is 0.120. The zero-order chi connectivity index (χ0) is 10.0. The van der Waals surface area contributed by atoms with Gasteiger partial charge in [0.15, 0.2) is 0 Å². The molecule has 0 radical (unpaired) electrons. The summed E-state index contributed by atoms with van der Waals surface area (Å²) in [5.74, 6) is -0.120. The molecule has 4 nitrogen and oxygen atoms in total. The van der Waals surface area contributed by atoms with Crippen LogP contribution in [-0.2, 0) is 4.79 Å². The van der Waals surface area contributed by atoms with Crippen LogP contribution >= 0.6 is 11.6 Å². The lowest BCUT2D eigenvalue weighted by molar-refractivity contribution is -0.133. The van der Waals surface area contributed by atoms with Crippen molar-refractivity contribution in [2.75, 3.05) is 26.2 Å². The smallest absolute Gasteiger partial charge is 0.270 e. The molecule has 0 aliphatic carbocycles. The minimum Gasteiger partial charge on any atom is -0.337 e. The standard InChI is InChI=1S/C9H12ClN3O/c10-9(2-1-3-12-9)8(14)13-6-4-11-5-7-13/h1-3,11H,4-7H2. The number of aliphatic imine (C=N–C) groups is 1. The normalized spacial score (nSPS) is 31.1. The molecule has 2 rings (SSSR count). The summed E-state index contributed by atoms with van der Waals surface area (Å²) in [5.41, 5.74) is 0. The van der Waals surface area contributed by atoms with Crippen molar-refractivity contribution >= 4 is 23.7 Å². The largest absolute Gasteiger partial charge is 0.337 e. The van der Waals surface area contributed by atoms with Gasteiger partial charge in [0.2, 0.25) is 5.00 Å². The lowest BCUT2D eigenvalue weighted by Crippen LogP contribution is -2.51. The Morgan fingerprint density at radius 2 is 2.21 bits per heavy atom. The van der Waals surface area contributed by atoms with Gasteiger partial charge in [0.25, 0.3) is 5.91 Å². The molecule has 2 aliphatic rings. The second-order valence-electron chi connectivity index (χ2n) is 3.35. The molecule has 0 aromatic carbocycles. The summed E-state index contributed by atoms with van der Waals surface area (Å²) in [4.78, 5) is 16.5. The van der Waals surface area contributed by atoms with E-state index in [1.807, 2.05) is 0 Å². The molecule has 1 amide bonds. The van der Waals surface area contributed by atoms with Crippen molar-refractivity contribution in [1.29, 1.82) is 0 Å². The van der Waals surface area contributed by atoms with Gasteiger partial charge in [-0.2, -0.15) is 0 Å². The number of rotatable bonds is 1. The first kappa shape index (κ1) is 9.68. The summed E-state index contributed by atoms with van der Waals surface area (Å²) >= 11 is 6.06. The molecule has 2 aliphatic heterocycles. The number of amides is 1. The van der Waals surface area contributed by atoms with Crippen LogP contribution in [0.25, 0.3) is 0 Å². The number of hydrogen-bond donors (Lipinski definition) is 1. The maximum Gasteiger partial charge on any atom is 0.270 e. The van der Waals surface area contributed by atoms with Gasteiger partial charge in [-0.3, -0.25) is 9.79 Å². The number of piperazine rings is 1. The molecule has 76 valence electrons. The molecule has 5 heteroatoms. The minimum atomic E-state index is -1.17. The first-order valence-corrected chi connectivity index (χ1v) is 5.02. The zero-order valence-corrected chi connectivity index (χ0v) is 8.50. The number of allylic oxidation sites excluding steroid dienone is 1. The number of alkyl halides is 1. The predicted octanol–water partition coefficient (Wildman–Crippen LogP) is -0.00610. The van der Waals surface area contributed by atoms with Gasteiger partial charge in [-0.15, -0.1) is 0 Å². The summed E-state index contributed by atoms with van der Waals surface area (Å²) in [6.45, 7) is 3.06. The molecular weight excluding hydrogens is 202 g/mol. The Morgan fingerprint density at radius 1 is 1.50 bits per heavy atom. The Bertz CT molecular complexity index is 282.